The highest BCUT2D eigenvalue weighted by Gasteiger charge is 2.53. The van der Waals surface area contributed by atoms with Crippen molar-refractivity contribution in [1.29, 1.82) is 0 Å². The van der Waals surface area contributed by atoms with E-state index >= 15 is 0 Å². The Morgan fingerprint density at radius 1 is 1.03 bits per heavy atom. The summed E-state index contributed by atoms with van der Waals surface area (Å²) < 4.78 is 5.67. The van der Waals surface area contributed by atoms with Crippen LogP contribution in [0.5, 0.6) is 5.75 Å². The van der Waals surface area contributed by atoms with Gasteiger partial charge in [0, 0.05) is 45.2 Å². The Hall–Kier alpha value is -3.26. The predicted octanol–water partition coefficient (Wildman–Crippen LogP) is 3.13. The van der Waals surface area contributed by atoms with E-state index in [4.69, 9.17) is 4.74 Å². The summed E-state index contributed by atoms with van der Waals surface area (Å²) in [5.41, 5.74) is -0.465. The first-order chi connectivity index (χ1) is 17.4. The number of rotatable bonds is 14. The third-order valence-electron chi connectivity index (χ3n) is 6.93. The van der Waals surface area contributed by atoms with Gasteiger partial charge >= 0.3 is 0 Å². The Bertz CT molecular complexity index is 997. The summed E-state index contributed by atoms with van der Waals surface area (Å²) in [4.78, 5) is 49.7. The van der Waals surface area contributed by atoms with Crippen LogP contribution < -0.4 is 4.74 Å². The molecular weight excluding hydrogens is 456 g/mol. The Kier molecular flexibility index (Phi) is 9.99. The Morgan fingerprint density at radius 3 is 2.42 bits per heavy atom. The van der Waals surface area contributed by atoms with Gasteiger partial charge in [-0.15, -0.1) is 0 Å². The van der Waals surface area contributed by atoms with Crippen molar-refractivity contribution in [2.75, 3.05) is 45.9 Å². The second kappa shape index (κ2) is 13.2. The first kappa shape index (κ1) is 27.3. The zero-order valence-electron chi connectivity index (χ0n) is 21.7. The van der Waals surface area contributed by atoms with Crippen LogP contribution in [0.3, 0.4) is 0 Å². The maximum Gasteiger partial charge on any atom is 0.240 e. The van der Waals surface area contributed by atoms with E-state index < -0.39 is 5.41 Å². The molecule has 1 aromatic carbocycles. The summed E-state index contributed by atoms with van der Waals surface area (Å²) >= 11 is 0. The predicted molar refractivity (Wildman–Crippen MR) is 138 cm³/mol. The van der Waals surface area contributed by atoms with E-state index in [9.17, 15) is 14.4 Å². The monoisotopic (exact) mass is 494 g/mol. The quantitative estimate of drug-likeness (QED) is 0.296. The molecule has 1 aliphatic rings. The van der Waals surface area contributed by atoms with Gasteiger partial charge < -0.3 is 14.5 Å². The lowest BCUT2D eigenvalue weighted by Gasteiger charge is -2.31. The maximum absolute atomic E-state index is 13.8. The van der Waals surface area contributed by atoms with Gasteiger partial charge in [-0.2, -0.15) is 0 Å². The van der Waals surface area contributed by atoms with Crippen molar-refractivity contribution in [3.8, 4) is 5.75 Å². The number of amides is 3. The molecule has 0 bridgehead atoms. The van der Waals surface area contributed by atoms with Crippen LogP contribution in [-0.4, -0.2) is 83.3 Å². The maximum atomic E-state index is 13.8. The molecule has 1 aromatic heterocycles. The normalized spacial score (nSPS) is 17.6. The first-order valence-electron chi connectivity index (χ1n) is 12.9. The number of ether oxygens (including phenoxy) is 1. The van der Waals surface area contributed by atoms with Gasteiger partial charge in [-0.25, -0.2) is 0 Å². The van der Waals surface area contributed by atoms with Gasteiger partial charge in [0.05, 0.1) is 18.2 Å². The molecule has 0 radical (unpaired) electrons. The van der Waals surface area contributed by atoms with E-state index in [2.05, 4.69) is 23.7 Å². The number of benzene rings is 1. The van der Waals surface area contributed by atoms with E-state index in [0.717, 1.165) is 19.6 Å². The van der Waals surface area contributed by atoms with E-state index in [-0.39, 0.29) is 37.1 Å². The summed E-state index contributed by atoms with van der Waals surface area (Å²) in [5, 5.41) is 0. The van der Waals surface area contributed by atoms with Gasteiger partial charge in [0.1, 0.15) is 5.75 Å². The average Bonchev–Trinajstić information content (AvgIpc) is 3.15. The second-order valence-corrected chi connectivity index (χ2v) is 9.04. The van der Waals surface area contributed by atoms with Crippen LogP contribution in [0.4, 0.5) is 0 Å². The van der Waals surface area contributed by atoms with Crippen molar-refractivity contribution < 1.29 is 19.1 Å². The summed E-state index contributed by atoms with van der Waals surface area (Å²) in [6.45, 7) is 10.5. The fourth-order valence-corrected chi connectivity index (χ4v) is 4.73. The number of aromatic nitrogens is 1. The molecule has 36 heavy (non-hydrogen) atoms. The van der Waals surface area contributed by atoms with E-state index in [1.165, 1.54) is 4.90 Å². The molecule has 3 amide bonds. The molecule has 0 aliphatic carbocycles. The molecule has 194 valence electrons. The average molecular weight is 495 g/mol. The van der Waals surface area contributed by atoms with Crippen molar-refractivity contribution in [2.24, 2.45) is 0 Å². The molecule has 2 aromatic rings. The zero-order valence-corrected chi connectivity index (χ0v) is 21.7. The summed E-state index contributed by atoms with van der Waals surface area (Å²) in [6.07, 6.45) is 3.77. The Labute approximate surface area is 214 Å². The summed E-state index contributed by atoms with van der Waals surface area (Å²) in [7, 11) is 0. The molecule has 0 spiro atoms. The van der Waals surface area contributed by atoms with Gasteiger partial charge in [0.25, 0.3) is 0 Å². The molecule has 3 rings (SSSR count). The molecule has 0 unspecified atom stereocenters. The smallest absolute Gasteiger partial charge is 0.240 e. The summed E-state index contributed by atoms with van der Waals surface area (Å²) in [5.74, 6) is -0.000892. The van der Waals surface area contributed by atoms with Crippen molar-refractivity contribution in [2.45, 2.75) is 45.4 Å². The van der Waals surface area contributed by atoms with Crippen LogP contribution in [0.2, 0.25) is 0 Å². The molecule has 8 nitrogen and oxygen atoms in total. The Balaban J connectivity index is 1.73. The van der Waals surface area contributed by atoms with Gasteiger partial charge in [0.2, 0.25) is 17.7 Å². The minimum absolute atomic E-state index is 0.00134. The number of carbonyl (C=O) groups is 3. The van der Waals surface area contributed by atoms with E-state index in [1.807, 2.05) is 43.3 Å². The largest absolute Gasteiger partial charge is 0.492 e. The lowest BCUT2D eigenvalue weighted by atomic mass is 9.75. The summed E-state index contributed by atoms with van der Waals surface area (Å²) in [6, 6.07) is 12.9. The fourth-order valence-electron chi connectivity index (χ4n) is 4.73. The molecule has 1 atom stereocenters. The highest BCUT2D eigenvalue weighted by Crippen LogP contribution is 2.40. The number of hydrogen-bond donors (Lipinski definition) is 0. The van der Waals surface area contributed by atoms with Gasteiger partial charge in [-0.05, 0) is 44.1 Å². The van der Waals surface area contributed by atoms with Crippen molar-refractivity contribution in [3.63, 3.8) is 0 Å². The van der Waals surface area contributed by atoms with Crippen molar-refractivity contribution >= 4 is 17.7 Å². The number of carbonyl (C=O) groups excluding carboxylic acids is 3. The standard InChI is InChI=1S/C28H38N4O4/c1-4-30(5-2)17-18-31(6-3)25(33)20-28(23-12-8-7-9-13-23)21-26(34)32(27(28)35)16-11-19-36-24-14-10-15-29-22-24/h7-10,12-15,22H,4-6,11,16-21H2,1-3H3/t28-/m0/s1. The molecular formula is C28H38N4O4. The van der Waals surface area contributed by atoms with Crippen LogP contribution in [0, 0.1) is 0 Å². The molecule has 1 fully saturated rings. The van der Waals surface area contributed by atoms with Crippen molar-refractivity contribution in [3.05, 3.63) is 60.4 Å². The molecule has 0 N–H and O–H groups in total. The second-order valence-electron chi connectivity index (χ2n) is 9.04. The van der Waals surface area contributed by atoms with Gasteiger partial charge in [-0.3, -0.25) is 24.3 Å². The third kappa shape index (κ3) is 6.49. The minimum Gasteiger partial charge on any atom is -0.492 e. The molecule has 1 aliphatic heterocycles. The van der Waals surface area contributed by atoms with E-state index in [1.54, 1.807) is 23.4 Å². The fraction of sp³-hybridized carbons (Fsp3) is 0.500. The van der Waals surface area contributed by atoms with E-state index in [0.29, 0.717) is 37.4 Å². The molecule has 0 saturated carbocycles. The lowest BCUT2D eigenvalue weighted by Crippen LogP contribution is -2.45. The number of nitrogens with zero attached hydrogens (tertiary/aromatic N) is 4. The lowest BCUT2D eigenvalue weighted by molar-refractivity contribution is -0.142. The van der Waals surface area contributed by atoms with Gasteiger partial charge in [-0.1, -0.05) is 44.2 Å². The third-order valence-corrected chi connectivity index (χ3v) is 6.93. The SMILES string of the molecule is CCN(CC)CCN(CC)C(=O)C[C@@]1(c2ccccc2)CC(=O)N(CCCOc2cccnc2)C1=O. The number of likely N-dealkylation sites (N-methyl/N-ethyl adjacent to an activating group) is 2. The number of imide groups is 1. The van der Waals surface area contributed by atoms with Crippen LogP contribution in [-0.2, 0) is 19.8 Å². The first-order valence-corrected chi connectivity index (χ1v) is 12.9. The molecule has 8 heteroatoms. The number of likely N-dealkylation sites (tertiary alicyclic amines) is 1. The number of pyridine rings is 1. The highest BCUT2D eigenvalue weighted by molar-refractivity contribution is 6.10. The van der Waals surface area contributed by atoms with Crippen LogP contribution in [0.15, 0.2) is 54.9 Å². The van der Waals surface area contributed by atoms with Crippen molar-refractivity contribution in [1.82, 2.24) is 19.7 Å². The highest BCUT2D eigenvalue weighted by atomic mass is 16.5. The topological polar surface area (TPSA) is 83.1 Å². The molecule has 1 saturated heterocycles. The van der Waals surface area contributed by atoms with Gasteiger partial charge in [0.15, 0.2) is 0 Å². The van der Waals surface area contributed by atoms with Crippen LogP contribution >= 0.6 is 0 Å². The zero-order chi connectivity index (χ0) is 26.0. The Morgan fingerprint density at radius 2 is 1.78 bits per heavy atom. The van der Waals surface area contributed by atoms with Crippen LogP contribution in [0.25, 0.3) is 0 Å². The van der Waals surface area contributed by atoms with Crippen LogP contribution in [0.1, 0.15) is 45.6 Å². The number of hydrogen-bond acceptors (Lipinski definition) is 6. The minimum atomic E-state index is -1.18. The molecule has 2 heterocycles.